The third-order valence-corrected chi connectivity index (χ3v) is 8.81. The number of hydrogen-bond donors (Lipinski definition) is 1. The first-order valence-electron chi connectivity index (χ1n) is 10.9. The zero-order chi connectivity index (χ0) is 24.2. The van der Waals surface area contributed by atoms with Gasteiger partial charge in [0.15, 0.2) is 4.80 Å². The Balaban J connectivity index is 1.38. The van der Waals surface area contributed by atoms with Gasteiger partial charge in [-0.05, 0) is 56.4 Å². The number of thioether (sulfide) groups is 1. The number of halogens is 1. The maximum absolute atomic E-state index is 12.6. The van der Waals surface area contributed by atoms with Gasteiger partial charge in [0.25, 0.3) is 5.91 Å². The van der Waals surface area contributed by atoms with Crippen molar-refractivity contribution in [2.45, 2.75) is 32.6 Å². The Morgan fingerprint density at radius 2 is 2.00 bits per heavy atom. The van der Waals surface area contributed by atoms with Crippen LogP contribution in [0.4, 0.5) is 5.00 Å². The molecule has 1 aliphatic carbocycles. The average molecular weight is 538 g/mol. The van der Waals surface area contributed by atoms with Crippen molar-refractivity contribution in [3.8, 4) is 0 Å². The minimum absolute atomic E-state index is 0.0775. The summed E-state index contributed by atoms with van der Waals surface area (Å²) in [6.45, 7) is 2.05. The van der Waals surface area contributed by atoms with Crippen molar-refractivity contribution < 1.29 is 19.1 Å². The number of carbonyl (C=O) groups is 3. The van der Waals surface area contributed by atoms with Crippen LogP contribution in [0.25, 0.3) is 10.2 Å². The zero-order valence-corrected chi connectivity index (χ0v) is 22.0. The second kappa shape index (κ2) is 11.1. The van der Waals surface area contributed by atoms with Crippen molar-refractivity contribution in [1.29, 1.82) is 0 Å². The molecule has 34 heavy (non-hydrogen) atoms. The molecule has 11 heteroatoms. The molecular weight excluding hydrogens is 514 g/mol. The Labute approximate surface area is 214 Å². The number of ether oxygens (including phenoxy) is 1. The van der Waals surface area contributed by atoms with Crippen molar-refractivity contribution in [2.24, 2.45) is 12.0 Å². The van der Waals surface area contributed by atoms with E-state index in [1.165, 1.54) is 34.4 Å². The number of esters is 1. The summed E-state index contributed by atoms with van der Waals surface area (Å²) in [7, 11) is 1.85. The van der Waals surface area contributed by atoms with E-state index in [0.717, 1.165) is 46.3 Å². The van der Waals surface area contributed by atoms with Gasteiger partial charge in [-0.25, -0.2) is 4.79 Å². The molecule has 7 nitrogen and oxygen atoms in total. The second-order valence-corrected chi connectivity index (χ2v) is 11.3. The van der Waals surface area contributed by atoms with Gasteiger partial charge < -0.3 is 14.6 Å². The first kappa shape index (κ1) is 25.0. The molecule has 2 aromatic heterocycles. The summed E-state index contributed by atoms with van der Waals surface area (Å²) in [6, 6.07) is 5.54. The van der Waals surface area contributed by atoms with E-state index in [1.54, 1.807) is 13.0 Å². The molecule has 1 N–H and O–H groups in total. The van der Waals surface area contributed by atoms with Gasteiger partial charge >= 0.3 is 5.97 Å². The summed E-state index contributed by atoms with van der Waals surface area (Å²) in [5.41, 5.74) is 2.44. The van der Waals surface area contributed by atoms with Crippen LogP contribution < -0.4 is 10.1 Å². The van der Waals surface area contributed by atoms with E-state index >= 15 is 0 Å². The summed E-state index contributed by atoms with van der Waals surface area (Å²) in [6.07, 6.45) is 3.83. The van der Waals surface area contributed by atoms with Gasteiger partial charge in [-0.15, -0.1) is 23.1 Å². The molecule has 0 fully saturated rings. The summed E-state index contributed by atoms with van der Waals surface area (Å²) < 4.78 is 8.02. The minimum Gasteiger partial charge on any atom is -0.462 e. The molecule has 2 amide bonds. The minimum atomic E-state index is -0.392. The second-order valence-electron chi connectivity index (χ2n) is 7.74. The molecule has 0 unspecified atom stereocenters. The SMILES string of the molecule is CCOC(=O)c1c(NC(=O)CSCC(=O)N=c2sc3cc(Cl)ccc3n2C)sc2c1CCCC2. The molecule has 0 bridgehead atoms. The molecule has 0 saturated carbocycles. The van der Waals surface area contributed by atoms with Crippen LogP contribution in [0.2, 0.25) is 5.02 Å². The Morgan fingerprint density at radius 3 is 2.79 bits per heavy atom. The van der Waals surface area contributed by atoms with E-state index in [4.69, 9.17) is 16.3 Å². The first-order valence-corrected chi connectivity index (χ1v) is 14.1. The van der Waals surface area contributed by atoms with Crippen molar-refractivity contribution in [2.75, 3.05) is 23.4 Å². The summed E-state index contributed by atoms with van der Waals surface area (Å²) in [5.74, 6) is -0.806. The summed E-state index contributed by atoms with van der Waals surface area (Å²) >= 11 is 10.1. The molecular formula is C23H24ClN3O4S3. The van der Waals surface area contributed by atoms with Crippen molar-refractivity contribution in [1.82, 2.24) is 4.57 Å². The van der Waals surface area contributed by atoms with Crippen LogP contribution in [-0.2, 0) is 34.2 Å². The molecule has 0 saturated heterocycles. The number of aryl methyl sites for hydroxylation is 2. The van der Waals surface area contributed by atoms with Crippen LogP contribution in [0, 0.1) is 0 Å². The smallest absolute Gasteiger partial charge is 0.341 e. The van der Waals surface area contributed by atoms with Crippen molar-refractivity contribution >= 4 is 79.0 Å². The molecule has 1 aliphatic rings. The number of amides is 2. The first-order chi connectivity index (χ1) is 16.4. The number of aromatic nitrogens is 1. The number of carbonyl (C=O) groups excluding carboxylic acids is 3. The van der Waals surface area contributed by atoms with Gasteiger partial charge in [0.05, 0.1) is 33.9 Å². The van der Waals surface area contributed by atoms with Crippen LogP contribution in [0.15, 0.2) is 23.2 Å². The van der Waals surface area contributed by atoms with Gasteiger partial charge in [0.2, 0.25) is 5.91 Å². The molecule has 0 spiro atoms. The van der Waals surface area contributed by atoms with E-state index in [9.17, 15) is 14.4 Å². The number of thiazole rings is 1. The van der Waals surface area contributed by atoms with Crippen LogP contribution in [0.1, 0.15) is 40.6 Å². The van der Waals surface area contributed by atoms with Gasteiger partial charge in [-0.2, -0.15) is 4.99 Å². The number of thiophene rings is 1. The number of hydrogen-bond acceptors (Lipinski definition) is 7. The highest BCUT2D eigenvalue weighted by atomic mass is 35.5. The normalized spacial score (nSPS) is 13.7. The molecule has 0 radical (unpaired) electrons. The maximum atomic E-state index is 12.6. The molecule has 2 heterocycles. The predicted octanol–water partition coefficient (Wildman–Crippen LogP) is 4.81. The van der Waals surface area contributed by atoms with E-state index < -0.39 is 5.97 Å². The number of rotatable bonds is 7. The number of anilines is 1. The maximum Gasteiger partial charge on any atom is 0.341 e. The van der Waals surface area contributed by atoms with E-state index in [1.807, 2.05) is 23.7 Å². The lowest BCUT2D eigenvalue weighted by Gasteiger charge is -2.12. The van der Waals surface area contributed by atoms with Crippen LogP contribution in [0.3, 0.4) is 0 Å². The van der Waals surface area contributed by atoms with Crippen molar-refractivity contribution in [3.63, 3.8) is 0 Å². The lowest BCUT2D eigenvalue weighted by molar-refractivity contribution is -0.115. The fourth-order valence-corrected chi connectivity index (χ4v) is 7.02. The lowest BCUT2D eigenvalue weighted by atomic mass is 9.95. The average Bonchev–Trinajstić information content (AvgIpc) is 3.30. The molecule has 1 aromatic carbocycles. The number of fused-ring (bicyclic) bond motifs is 2. The highest BCUT2D eigenvalue weighted by Gasteiger charge is 2.27. The lowest BCUT2D eigenvalue weighted by Crippen LogP contribution is -2.18. The topological polar surface area (TPSA) is 89.8 Å². The van der Waals surface area contributed by atoms with Crippen molar-refractivity contribution in [3.05, 3.63) is 44.0 Å². The molecule has 0 atom stereocenters. The largest absolute Gasteiger partial charge is 0.462 e. The van der Waals surface area contributed by atoms with Gasteiger partial charge in [-0.1, -0.05) is 22.9 Å². The highest BCUT2D eigenvalue weighted by Crippen LogP contribution is 2.38. The molecule has 180 valence electrons. The van der Waals surface area contributed by atoms with Crippen LogP contribution in [0.5, 0.6) is 0 Å². The third kappa shape index (κ3) is 5.56. The monoisotopic (exact) mass is 537 g/mol. The molecule has 3 aromatic rings. The molecule has 0 aliphatic heterocycles. The Morgan fingerprint density at radius 1 is 1.21 bits per heavy atom. The van der Waals surface area contributed by atoms with E-state index in [-0.39, 0.29) is 29.9 Å². The quantitative estimate of drug-likeness (QED) is 0.437. The zero-order valence-electron chi connectivity index (χ0n) is 18.8. The Kier molecular flexibility index (Phi) is 8.13. The number of nitrogens with one attached hydrogen (secondary N) is 1. The molecule has 4 rings (SSSR count). The standard InChI is InChI=1S/C23H24ClN3O4S3/c1-3-31-22(30)20-14-6-4-5-7-16(14)33-21(20)25-18(28)11-32-12-19(29)26-23-27(2)15-9-8-13(24)10-17(15)34-23/h8-10H,3-7,11-12H2,1-2H3,(H,25,28). The Hall–Kier alpha value is -2.14. The highest BCUT2D eigenvalue weighted by molar-refractivity contribution is 8.00. The van der Waals surface area contributed by atoms with Crippen LogP contribution >= 0.6 is 46.0 Å². The predicted molar refractivity (Wildman–Crippen MR) is 139 cm³/mol. The summed E-state index contributed by atoms with van der Waals surface area (Å²) in [4.78, 5) is 43.4. The number of nitrogens with zero attached hydrogens (tertiary/aromatic N) is 2. The fraction of sp³-hybridized carbons (Fsp3) is 0.391. The third-order valence-electron chi connectivity index (χ3n) is 5.35. The Bertz CT molecular complexity index is 1320. The van der Waals surface area contributed by atoms with Gasteiger partial charge in [-0.3, -0.25) is 9.59 Å². The van der Waals surface area contributed by atoms with E-state index in [0.29, 0.717) is 20.4 Å². The van der Waals surface area contributed by atoms with Gasteiger partial charge in [0.1, 0.15) is 5.00 Å². The van der Waals surface area contributed by atoms with E-state index in [2.05, 4.69) is 10.3 Å². The number of benzene rings is 1. The van der Waals surface area contributed by atoms with Crippen LogP contribution in [-0.4, -0.2) is 40.5 Å². The van der Waals surface area contributed by atoms with Gasteiger partial charge in [0, 0.05) is 16.9 Å². The summed E-state index contributed by atoms with van der Waals surface area (Å²) in [5, 5.41) is 4.04. The fourth-order valence-electron chi connectivity index (χ4n) is 3.82.